The Labute approximate surface area is 67.5 Å². The number of hydrogen-bond donors (Lipinski definition) is 1. The van der Waals surface area contributed by atoms with E-state index in [9.17, 15) is 0 Å². The average Bonchev–Trinajstić information content (AvgIpc) is 2.60. The predicted molar refractivity (Wildman–Crippen MR) is 43.4 cm³/mol. The molecule has 0 aliphatic carbocycles. The molecule has 2 atom stereocenters. The standard InChI is InChI=1S/C8H16N2O/c9-2-1-3-10-5-8-4-7(10)6-11-8/h7-8H,1-6,9H2. The van der Waals surface area contributed by atoms with Crippen molar-refractivity contribution in [2.75, 3.05) is 26.2 Å². The lowest BCUT2D eigenvalue weighted by Gasteiger charge is -2.26. The summed E-state index contributed by atoms with van der Waals surface area (Å²) in [5, 5.41) is 0. The summed E-state index contributed by atoms with van der Waals surface area (Å²) < 4.78 is 5.49. The van der Waals surface area contributed by atoms with E-state index in [4.69, 9.17) is 10.5 Å². The molecule has 0 spiro atoms. The number of nitrogens with two attached hydrogens (primary N) is 1. The summed E-state index contributed by atoms with van der Waals surface area (Å²) in [6.07, 6.45) is 2.92. The highest BCUT2D eigenvalue weighted by atomic mass is 16.5. The number of nitrogens with zero attached hydrogens (tertiary/aromatic N) is 1. The van der Waals surface area contributed by atoms with Gasteiger partial charge >= 0.3 is 0 Å². The second-order valence-corrected chi connectivity index (χ2v) is 3.48. The Balaban J connectivity index is 1.78. The molecule has 3 nitrogen and oxygen atoms in total. The molecule has 0 aromatic heterocycles. The molecule has 11 heavy (non-hydrogen) atoms. The van der Waals surface area contributed by atoms with Crippen molar-refractivity contribution in [3.8, 4) is 0 Å². The van der Waals surface area contributed by atoms with Gasteiger partial charge in [0.05, 0.1) is 12.7 Å². The van der Waals surface area contributed by atoms with Crippen molar-refractivity contribution < 1.29 is 4.74 Å². The van der Waals surface area contributed by atoms with Crippen molar-refractivity contribution in [2.24, 2.45) is 5.73 Å². The quantitative estimate of drug-likeness (QED) is 0.615. The lowest BCUT2D eigenvalue weighted by atomic mass is 10.2. The van der Waals surface area contributed by atoms with Gasteiger partial charge in [-0.1, -0.05) is 0 Å². The third kappa shape index (κ3) is 1.41. The first-order valence-electron chi connectivity index (χ1n) is 4.46. The lowest BCUT2D eigenvalue weighted by molar-refractivity contribution is 0.0305. The minimum absolute atomic E-state index is 0.540. The number of hydrogen-bond acceptors (Lipinski definition) is 3. The van der Waals surface area contributed by atoms with Crippen molar-refractivity contribution >= 4 is 0 Å². The molecule has 2 heterocycles. The maximum Gasteiger partial charge on any atom is 0.0718 e. The zero-order valence-corrected chi connectivity index (χ0v) is 6.83. The minimum Gasteiger partial charge on any atom is -0.375 e. The summed E-state index contributed by atoms with van der Waals surface area (Å²) in [5.41, 5.74) is 5.45. The van der Waals surface area contributed by atoms with Crippen molar-refractivity contribution in [1.29, 1.82) is 0 Å². The third-order valence-corrected chi connectivity index (χ3v) is 2.66. The SMILES string of the molecule is NCCCN1CC2CC1CO2. The van der Waals surface area contributed by atoms with Crippen LogP contribution in [0, 0.1) is 0 Å². The summed E-state index contributed by atoms with van der Waals surface area (Å²) in [5.74, 6) is 0. The Morgan fingerprint density at radius 1 is 1.55 bits per heavy atom. The zero-order chi connectivity index (χ0) is 7.68. The molecule has 2 N–H and O–H groups in total. The van der Waals surface area contributed by atoms with Crippen LogP contribution in [0.2, 0.25) is 0 Å². The van der Waals surface area contributed by atoms with E-state index in [0.29, 0.717) is 12.1 Å². The van der Waals surface area contributed by atoms with Crippen LogP contribution in [0.3, 0.4) is 0 Å². The molecule has 2 unspecified atom stereocenters. The summed E-state index contributed by atoms with van der Waals surface area (Å²) >= 11 is 0. The average molecular weight is 156 g/mol. The first kappa shape index (κ1) is 7.53. The summed E-state index contributed by atoms with van der Waals surface area (Å²) in [6, 6.07) is 0.714. The van der Waals surface area contributed by atoms with Gasteiger partial charge in [-0.3, -0.25) is 4.90 Å². The second kappa shape index (κ2) is 3.09. The van der Waals surface area contributed by atoms with Crippen LogP contribution in [0.1, 0.15) is 12.8 Å². The highest BCUT2D eigenvalue weighted by Crippen LogP contribution is 2.27. The van der Waals surface area contributed by atoms with Crippen LogP contribution >= 0.6 is 0 Å². The van der Waals surface area contributed by atoms with Gasteiger partial charge in [-0.05, 0) is 25.9 Å². The fourth-order valence-electron chi connectivity index (χ4n) is 2.05. The second-order valence-electron chi connectivity index (χ2n) is 3.48. The summed E-state index contributed by atoms with van der Waals surface area (Å²) in [7, 11) is 0. The Kier molecular flexibility index (Phi) is 2.11. The molecular weight excluding hydrogens is 140 g/mol. The smallest absolute Gasteiger partial charge is 0.0718 e. The molecule has 2 saturated heterocycles. The van der Waals surface area contributed by atoms with E-state index in [-0.39, 0.29) is 0 Å². The van der Waals surface area contributed by atoms with Crippen LogP contribution in [-0.4, -0.2) is 43.3 Å². The first-order valence-corrected chi connectivity index (χ1v) is 4.46. The monoisotopic (exact) mass is 156 g/mol. The number of morpholine rings is 1. The van der Waals surface area contributed by atoms with Crippen LogP contribution in [0.15, 0.2) is 0 Å². The maximum absolute atomic E-state index is 5.49. The van der Waals surface area contributed by atoms with Gasteiger partial charge in [0.25, 0.3) is 0 Å². The molecule has 2 bridgehead atoms. The third-order valence-electron chi connectivity index (χ3n) is 2.66. The van der Waals surface area contributed by atoms with E-state index >= 15 is 0 Å². The van der Waals surface area contributed by atoms with E-state index in [1.54, 1.807) is 0 Å². The highest BCUT2D eigenvalue weighted by Gasteiger charge is 2.38. The van der Waals surface area contributed by atoms with Gasteiger partial charge in [0.15, 0.2) is 0 Å². The van der Waals surface area contributed by atoms with Gasteiger partial charge < -0.3 is 10.5 Å². The summed E-state index contributed by atoms with van der Waals surface area (Å²) in [4.78, 5) is 2.51. The Bertz CT molecular complexity index is 140. The Hall–Kier alpha value is -0.120. The predicted octanol–water partition coefficient (Wildman–Crippen LogP) is -0.192. The molecular formula is C8H16N2O. The molecule has 3 heteroatoms. The lowest BCUT2D eigenvalue weighted by Crippen LogP contribution is -2.38. The Morgan fingerprint density at radius 2 is 2.45 bits per heavy atom. The Morgan fingerprint density at radius 3 is 3.00 bits per heavy atom. The minimum atomic E-state index is 0.540. The van der Waals surface area contributed by atoms with E-state index < -0.39 is 0 Å². The van der Waals surface area contributed by atoms with Crippen molar-refractivity contribution in [3.05, 3.63) is 0 Å². The van der Waals surface area contributed by atoms with Gasteiger partial charge in [-0.25, -0.2) is 0 Å². The number of rotatable bonds is 3. The van der Waals surface area contributed by atoms with E-state index in [0.717, 1.165) is 26.1 Å². The number of likely N-dealkylation sites (tertiary alicyclic amines) is 1. The van der Waals surface area contributed by atoms with Crippen LogP contribution < -0.4 is 5.73 Å². The molecule has 0 aromatic rings. The van der Waals surface area contributed by atoms with Crippen molar-refractivity contribution in [3.63, 3.8) is 0 Å². The van der Waals surface area contributed by atoms with E-state index in [1.807, 2.05) is 0 Å². The van der Waals surface area contributed by atoms with Crippen molar-refractivity contribution in [1.82, 2.24) is 4.90 Å². The first-order chi connectivity index (χ1) is 5.40. The maximum atomic E-state index is 5.49. The zero-order valence-electron chi connectivity index (χ0n) is 6.83. The van der Waals surface area contributed by atoms with Crippen molar-refractivity contribution in [2.45, 2.75) is 25.0 Å². The molecule has 0 saturated carbocycles. The van der Waals surface area contributed by atoms with Gasteiger partial charge in [0.2, 0.25) is 0 Å². The molecule has 2 rings (SSSR count). The molecule has 0 radical (unpaired) electrons. The normalized spacial score (nSPS) is 36.8. The van der Waals surface area contributed by atoms with Crippen LogP contribution in [0.25, 0.3) is 0 Å². The van der Waals surface area contributed by atoms with Crippen LogP contribution in [0.5, 0.6) is 0 Å². The summed E-state index contributed by atoms with van der Waals surface area (Å²) in [6.45, 7) is 4.08. The van der Waals surface area contributed by atoms with Crippen LogP contribution in [-0.2, 0) is 4.74 Å². The molecule has 0 amide bonds. The fourth-order valence-corrected chi connectivity index (χ4v) is 2.05. The fraction of sp³-hybridized carbons (Fsp3) is 1.00. The molecule has 64 valence electrons. The van der Waals surface area contributed by atoms with Gasteiger partial charge in [0.1, 0.15) is 0 Å². The molecule has 0 aromatic carbocycles. The van der Waals surface area contributed by atoms with Crippen LogP contribution in [0.4, 0.5) is 0 Å². The highest BCUT2D eigenvalue weighted by molar-refractivity contribution is 4.91. The number of ether oxygens (including phenoxy) is 1. The van der Waals surface area contributed by atoms with Gasteiger partial charge in [0, 0.05) is 12.6 Å². The largest absolute Gasteiger partial charge is 0.375 e. The van der Waals surface area contributed by atoms with E-state index in [1.165, 1.54) is 13.0 Å². The number of fused-ring (bicyclic) bond motifs is 2. The molecule has 2 aliphatic rings. The molecule has 2 aliphatic heterocycles. The van der Waals surface area contributed by atoms with Gasteiger partial charge in [-0.2, -0.15) is 0 Å². The molecule has 2 fully saturated rings. The van der Waals surface area contributed by atoms with Gasteiger partial charge in [-0.15, -0.1) is 0 Å². The van der Waals surface area contributed by atoms with E-state index in [2.05, 4.69) is 4.90 Å². The topological polar surface area (TPSA) is 38.5 Å².